The molecule has 3 aliphatic rings. The first-order valence-corrected chi connectivity index (χ1v) is 18.1. The lowest BCUT2D eigenvalue weighted by atomic mass is 9.67. The Labute approximate surface area is 290 Å². The molecule has 1 atom stereocenters. The minimum Gasteiger partial charge on any atom is -0.451 e. The molecule has 0 radical (unpaired) electrons. The van der Waals surface area contributed by atoms with Crippen LogP contribution in [0.15, 0.2) is 37.1 Å². The zero-order valence-electron chi connectivity index (χ0n) is 30.1. The zero-order chi connectivity index (χ0) is 34.7. The molecular weight excluding hydrogens is 619 g/mol. The van der Waals surface area contributed by atoms with Crippen LogP contribution in [0.4, 0.5) is 15.9 Å². The van der Waals surface area contributed by atoms with E-state index >= 15 is 0 Å². The van der Waals surface area contributed by atoms with Gasteiger partial charge in [0.1, 0.15) is 24.2 Å². The number of rotatable bonds is 10. The highest BCUT2D eigenvalue weighted by molar-refractivity contribution is 5.97. The van der Waals surface area contributed by atoms with Crippen LogP contribution >= 0.6 is 0 Å². The number of aryl methyl sites for hydroxylation is 2. The fourth-order valence-electron chi connectivity index (χ4n) is 8.33. The van der Waals surface area contributed by atoms with Crippen molar-refractivity contribution in [2.24, 2.45) is 11.3 Å². The summed E-state index contributed by atoms with van der Waals surface area (Å²) in [4.78, 5) is 37.9. The van der Waals surface area contributed by atoms with Gasteiger partial charge in [-0.2, -0.15) is 0 Å². The van der Waals surface area contributed by atoms with Gasteiger partial charge in [-0.25, -0.2) is 24.3 Å². The summed E-state index contributed by atoms with van der Waals surface area (Å²) in [7, 11) is 0. The first-order chi connectivity index (χ1) is 23.5. The van der Waals surface area contributed by atoms with Gasteiger partial charge in [0.05, 0.1) is 28.8 Å². The molecule has 49 heavy (non-hydrogen) atoms. The molecule has 10 nitrogen and oxygen atoms in total. The number of piperidine rings is 1. The number of nitrogens with zero attached hydrogens (tertiary/aromatic N) is 7. The number of ether oxygens (including phenoxy) is 1. The van der Waals surface area contributed by atoms with Gasteiger partial charge in [-0.15, -0.1) is 0 Å². The number of hydrogen-bond donors (Lipinski definition) is 1. The number of likely N-dealkylation sites (tertiary alicyclic amines) is 1. The number of halogens is 1. The van der Waals surface area contributed by atoms with Crippen molar-refractivity contribution in [2.45, 2.75) is 105 Å². The van der Waals surface area contributed by atoms with E-state index < -0.39 is 5.82 Å². The maximum absolute atomic E-state index is 14.4. The Bertz CT molecular complexity index is 1570. The number of amides is 1. The number of carbonyl (C=O) groups excluding carboxylic acids is 1. The van der Waals surface area contributed by atoms with Gasteiger partial charge in [0, 0.05) is 37.8 Å². The summed E-state index contributed by atoms with van der Waals surface area (Å²) in [6.45, 7) is 17.1. The van der Waals surface area contributed by atoms with Crippen molar-refractivity contribution in [2.75, 3.05) is 42.9 Å². The zero-order valence-corrected chi connectivity index (χ0v) is 30.1. The van der Waals surface area contributed by atoms with Gasteiger partial charge in [-0.3, -0.25) is 4.79 Å². The normalized spacial score (nSPS) is 19.9. The van der Waals surface area contributed by atoms with E-state index in [4.69, 9.17) is 4.74 Å². The molecule has 2 aromatic heterocycles. The second-order valence-electron chi connectivity index (χ2n) is 15.1. The number of benzene rings is 1. The van der Waals surface area contributed by atoms with Crippen molar-refractivity contribution < 1.29 is 13.9 Å². The molecule has 1 saturated carbocycles. The first kappa shape index (κ1) is 35.0. The van der Waals surface area contributed by atoms with Crippen LogP contribution in [0.25, 0.3) is 0 Å². The molecule has 1 amide bonds. The number of nitrogens with one attached hydrogen (secondary N) is 1. The molecule has 1 spiro atoms. The second kappa shape index (κ2) is 14.9. The van der Waals surface area contributed by atoms with E-state index in [1.807, 2.05) is 27.7 Å². The maximum atomic E-state index is 14.4. The smallest absolute Gasteiger partial charge is 0.258 e. The van der Waals surface area contributed by atoms with Crippen molar-refractivity contribution in [3.05, 3.63) is 59.8 Å². The fourth-order valence-corrected chi connectivity index (χ4v) is 8.33. The quantitative estimate of drug-likeness (QED) is 0.243. The minimum absolute atomic E-state index is 0.0480. The Hall–Kier alpha value is -3.86. The lowest BCUT2D eigenvalue weighted by Gasteiger charge is -2.46. The largest absolute Gasteiger partial charge is 0.451 e. The van der Waals surface area contributed by atoms with Gasteiger partial charge in [0.25, 0.3) is 5.91 Å². The van der Waals surface area contributed by atoms with Crippen molar-refractivity contribution in [1.29, 1.82) is 0 Å². The predicted octanol–water partition coefficient (Wildman–Crippen LogP) is 7.04. The van der Waals surface area contributed by atoms with E-state index in [1.54, 1.807) is 17.4 Å². The van der Waals surface area contributed by atoms with Crippen LogP contribution in [0.3, 0.4) is 0 Å². The van der Waals surface area contributed by atoms with Gasteiger partial charge in [0.15, 0.2) is 11.6 Å². The Morgan fingerprint density at radius 1 is 0.959 bits per heavy atom. The van der Waals surface area contributed by atoms with Crippen LogP contribution in [-0.4, -0.2) is 86.5 Å². The van der Waals surface area contributed by atoms with Gasteiger partial charge in [-0.1, -0.05) is 0 Å². The summed E-state index contributed by atoms with van der Waals surface area (Å²) in [5.41, 5.74) is 3.84. The Kier molecular flexibility index (Phi) is 10.7. The number of aromatic nitrogens is 4. The van der Waals surface area contributed by atoms with Gasteiger partial charge >= 0.3 is 0 Å². The highest BCUT2D eigenvalue weighted by Gasteiger charge is 2.39. The third kappa shape index (κ3) is 7.97. The van der Waals surface area contributed by atoms with E-state index in [0.29, 0.717) is 34.7 Å². The van der Waals surface area contributed by atoms with Crippen LogP contribution in [-0.2, 0) is 0 Å². The molecule has 11 heteroatoms. The van der Waals surface area contributed by atoms with Crippen LogP contribution in [0.1, 0.15) is 94.4 Å². The molecule has 1 N–H and O–H groups in total. The van der Waals surface area contributed by atoms with Crippen molar-refractivity contribution in [1.82, 2.24) is 29.7 Å². The van der Waals surface area contributed by atoms with Crippen molar-refractivity contribution in [3.8, 4) is 11.5 Å². The third-order valence-electron chi connectivity index (χ3n) is 11.0. The predicted molar refractivity (Wildman–Crippen MR) is 191 cm³/mol. The molecule has 3 fully saturated rings. The maximum Gasteiger partial charge on any atom is 0.258 e. The Morgan fingerprint density at radius 2 is 1.65 bits per heavy atom. The third-order valence-corrected chi connectivity index (χ3v) is 11.0. The topological polar surface area (TPSA) is 99.6 Å². The first-order valence-electron chi connectivity index (χ1n) is 18.1. The van der Waals surface area contributed by atoms with Gasteiger partial charge in [0.2, 0.25) is 0 Å². The Morgan fingerprint density at radius 3 is 2.33 bits per heavy atom. The molecule has 2 saturated heterocycles. The number of anilines is 2. The van der Waals surface area contributed by atoms with Crippen LogP contribution < -0.4 is 15.0 Å². The van der Waals surface area contributed by atoms with E-state index in [0.717, 1.165) is 56.2 Å². The summed E-state index contributed by atoms with van der Waals surface area (Å²) in [6, 6.07) is 4.51. The molecule has 4 heterocycles. The molecule has 6 rings (SSSR count). The SMILES string of the molecule is Cc1ncnc(C)c1NC1CCC2(CC1)CCN(C[C@@H]1CCN(c3ncncc3Oc3ccc(F)cc3C(=O)N(C(C)C)C(C)C)C1)CC2. The molecule has 1 aliphatic carbocycles. The average Bonchev–Trinajstić information content (AvgIpc) is 3.54. The minimum atomic E-state index is -0.479. The van der Waals surface area contributed by atoms with E-state index in [1.165, 1.54) is 63.1 Å². The lowest BCUT2D eigenvalue weighted by Crippen LogP contribution is -2.45. The van der Waals surface area contributed by atoms with E-state index in [2.05, 4.69) is 48.9 Å². The Balaban J connectivity index is 1.03. The van der Waals surface area contributed by atoms with E-state index in [-0.39, 0.29) is 23.6 Å². The summed E-state index contributed by atoms with van der Waals surface area (Å²) in [5, 5.41) is 3.76. The number of carbonyl (C=O) groups is 1. The van der Waals surface area contributed by atoms with Crippen molar-refractivity contribution >= 4 is 17.4 Å². The molecule has 2 aliphatic heterocycles. The lowest BCUT2D eigenvalue weighted by molar-refractivity contribution is 0.0584. The average molecular weight is 673 g/mol. The summed E-state index contributed by atoms with van der Waals surface area (Å²) in [5.74, 6) is 1.27. The van der Waals surface area contributed by atoms with E-state index in [9.17, 15) is 9.18 Å². The van der Waals surface area contributed by atoms with Crippen LogP contribution in [0.5, 0.6) is 11.5 Å². The monoisotopic (exact) mass is 672 g/mol. The fraction of sp³-hybridized carbons (Fsp3) is 0.605. The molecule has 264 valence electrons. The van der Waals surface area contributed by atoms with Crippen LogP contribution in [0.2, 0.25) is 0 Å². The molecule has 1 aromatic carbocycles. The standard InChI is InChI=1S/C38H53FN8O2/c1-25(2)47(26(3)4)37(48)32-19-30(39)7-8-33(32)49-34-20-40-23-43-36(34)46-16-11-29(22-46)21-45-17-14-38(15-18-45)12-9-31(10-13-38)44-35-27(5)41-24-42-28(35)6/h7-8,19-20,23-26,29,31,44H,9-18,21-22H2,1-6H3/t29-/m0/s1. The van der Waals surface area contributed by atoms with Gasteiger partial charge < -0.3 is 24.8 Å². The van der Waals surface area contributed by atoms with Gasteiger partial charge in [-0.05, 0) is 129 Å². The summed E-state index contributed by atoms with van der Waals surface area (Å²) >= 11 is 0. The number of hydrogen-bond acceptors (Lipinski definition) is 9. The molecule has 0 bridgehead atoms. The summed E-state index contributed by atoms with van der Waals surface area (Å²) < 4.78 is 20.8. The highest BCUT2D eigenvalue weighted by Crippen LogP contribution is 2.45. The highest BCUT2D eigenvalue weighted by atomic mass is 19.1. The second-order valence-corrected chi connectivity index (χ2v) is 15.1. The van der Waals surface area contributed by atoms with Crippen molar-refractivity contribution in [3.63, 3.8) is 0 Å². The molecule has 3 aromatic rings. The molecule has 0 unspecified atom stereocenters. The summed E-state index contributed by atoms with van der Waals surface area (Å²) in [6.07, 6.45) is 13.4. The molecular formula is C38H53FN8O2. The van der Waals surface area contributed by atoms with Crippen LogP contribution in [0, 0.1) is 31.0 Å².